The first kappa shape index (κ1) is 7.43. The van der Waals surface area contributed by atoms with Crippen LogP contribution < -0.4 is 10.4 Å². The topological polar surface area (TPSA) is 52.2 Å². The smallest absolute Gasteiger partial charge is 0.0429 e. The molecule has 0 aliphatic carbocycles. The van der Waals surface area contributed by atoms with Crippen molar-refractivity contribution in [2.24, 2.45) is 0 Å². The van der Waals surface area contributed by atoms with E-state index < -0.39 is 5.97 Å². The summed E-state index contributed by atoms with van der Waals surface area (Å²) in [5.74, 6) is -1.01. The third-order valence-electron chi connectivity index (χ3n) is 0.966. The lowest BCUT2D eigenvalue weighted by molar-refractivity contribution is -0.306. The van der Waals surface area contributed by atoms with Crippen LogP contribution in [0.2, 0.25) is 0 Å². The normalized spacial score (nSPS) is 13.2. The first-order valence-corrected chi connectivity index (χ1v) is 2.54. The van der Waals surface area contributed by atoms with Crippen molar-refractivity contribution in [1.29, 1.82) is 0 Å². The van der Waals surface area contributed by atoms with Gasteiger partial charge in [-0.15, -0.1) is 0 Å². The number of carbonyl (C=O) groups is 1. The monoisotopic (exact) mass is 116 g/mol. The van der Waals surface area contributed by atoms with Gasteiger partial charge < -0.3 is 15.2 Å². The molecule has 48 valence electrons. The minimum absolute atomic E-state index is 0.0139. The first-order chi connectivity index (χ1) is 3.66. The highest BCUT2D eigenvalue weighted by Crippen LogP contribution is 1.84. The number of hydrogen-bond donors (Lipinski definition) is 1. The van der Waals surface area contributed by atoms with Crippen LogP contribution in [-0.2, 0) is 4.79 Å². The van der Waals surface area contributed by atoms with E-state index >= 15 is 0 Å². The number of carboxylic acids is 1. The fourth-order valence-electron chi connectivity index (χ4n) is 0.352. The van der Waals surface area contributed by atoms with Gasteiger partial charge in [-0.1, -0.05) is 0 Å². The molecule has 0 saturated heterocycles. The molecule has 1 atom stereocenters. The largest absolute Gasteiger partial charge is 0.550 e. The van der Waals surface area contributed by atoms with Crippen molar-refractivity contribution >= 4 is 5.97 Å². The zero-order valence-corrected chi connectivity index (χ0v) is 5.10. The molecule has 1 N–H and O–H groups in total. The Morgan fingerprint density at radius 1 is 1.88 bits per heavy atom. The summed E-state index contributed by atoms with van der Waals surface area (Å²) in [4.78, 5) is 9.82. The number of carbonyl (C=O) groups excluding carboxylic acids is 1. The molecule has 0 aliphatic rings. The van der Waals surface area contributed by atoms with E-state index in [2.05, 4.69) is 5.32 Å². The van der Waals surface area contributed by atoms with E-state index in [4.69, 9.17) is 0 Å². The molecule has 1 unspecified atom stereocenters. The fourth-order valence-corrected chi connectivity index (χ4v) is 0.352. The summed E-state index contributed by atoms with van der Waals surface area (Å²) in [5.41, 5.74) is 0. The van der Waals surface area contributed by atoms with Crippen molar-refractivity contribution in [3.8, 4) is 0 Å². The number of nitrogens with one attached hydrogen (secondary N) is 1. The molecular formula is C5H10NO2-. The summed E-state index contributed by atoms with van der Waals surface area (Å²) in [6.45, 7) is 1.79. The van der Waals surface area contributed by atoms with E-state index in [-0.39, 0.29) is 12.5 Å². The molecule has 0 saturated carbocycles. The third-order valence-corrected chi connectivity index (χ3v) is 0.966. The predicted molar refractivity (Wildman–Crippen MR) is 28.1 cm³/mol. The Morgan fingerprint density at radius 2 is 2.38 bits per heavy atom. The lowest BCUT2D eigenvalue weighted by atomic mass is 10.2. The zero-order valence-electron chi connectivity index (χ0n) is 5.10. The molecule has 0 bridgehead atoms. The van der Waals surface area contributed by atoms with Crippen LogP contribution in [0.1, 0.15) is 13.3 Å². The minimum Gasteiger partial charge on any atom is -0.550 e. The summed E-state index contributed by atoms with van der Waals surface area (Å²) in [6.07, 6.45) is 0.0799. The Balaban J connectivity index is 3.24. The van der Waals surface area contributed by atoms with Crippen LogP contribution >= 0.6 is 0 Å². The molecule has 0 aliphatic heterocycles. The Morgan fingerprint density at radius 3 is 2.50 bits per heavy atom. The van der Waals surface area contributed by atoms with E-state index in [0.29, 0.717) is 0 Å². The van der Waals surface area contributed by atoms with E-state index in [1.807, 2.05) is 0 Å². The van der Waals surface area contributed by atoms with Crippen LogP contribution in [0.3, 0.4) is 0 Å². The molecule has 0 fully saturated rings. The second kappa shape index (κ2) is 3.43. The van der Waals surface area contributed by atoms with Crippen LogP contribution in [0.15, 0.2) is 0 Å². The molecule has 0 radical (unpaired) electrons. The summed E-state index contributed by atoms with van der Waals surface area (Å²) in [5, 5.41) is 12.6. The Labute approximate surface area is 48.7 Å². The average molecular weight is 116 g/mol. The maximum absolute atomic E-state index is 9.82. The van der Waals surface area contributed by atoms with Gasteiger partial charge in [-0.25, -0.2) is 0 Å². The Hall–Kier alpha value is -0.570. The van der Waals surface area contributed by atoms with Crippen LogP contribution in [0.25, 0.3) is 0 Å². The highest BCUT2D eigenvalue weighted by molar-refractivity contribution is 5.64. The second-order valence-electron chi connectivity index (χ2n) is 1.77. The number of rotatable bonds is 3. The van der Waals surface area contributed by atoms with E-state index in [9.17, 15) is 9.90 Å². The third kappa shape index (κ3) is 3.61. The molecule has 8 heavy (non-hydrogen) atoms. The molecule has 0 heterocycles. The lowest BCUT2D eigenvalue weighted by Crippen LogP contribution is -2.32. The molecule has 0 aromatic heterocycles. The maximum Gasteiger partial charge on any atom is 0.0429 e. The predicted octanol–water partition coefficient (Wildman–Crippen LogP) is -1.27. The molecule has 0 rings (SSSR count). The molecule has 3 nitrogen and oxygen atoms in total. The Kier molecular flexibility index (Phi) is 3.19. The van der Waals surface area contributed by atoms with Gasteiger partial charge in [0.2, 0.25) is 0 Å². The molecule has 3 heteroatoms. The van der Waals surface area contributed by atoms with Gasteiger partial charge in [0.15, 0.2) is 0 Å². The number of hydrogen-bond acceptors (Lipinski definition) is 3. The van der Waals surface area contributed by atoms with Gasteiger partial charge in [0.1, 0.15) is 0 Å². The highest BCUT2D eigenvalue weighted by atomic mass is 16.4. The maximum atomic E-state index is 9.82. The summed E-state index contributed by atoms with van der Waals surface area (Å²) in [6, 6.07) is 0.0139. The first-order valence-electron chi connectivity index (χ1n) is 2.54. The van der Waals surface area contributed by atoms with Gasteiger partial charge in [0, 0.05) is 18.4 Å². The van der Waals surface area contributed by atoms with Crippen molar-refractivity contribution in [3.05, 3.63) is 0 Å². The van der Waals surface area contributed by atoms with E-state index in [1.54, 1.807) is 14.0 Å². The fraction of sp³-hybridized carbons (Fsp3) is 0.800. The van der Waals surface area contributed by atoms with Gasteiger partial charge in [-0.3, -0.25) is 0 Å². The summed E-state index contributed by atoms with van der Waals surface area (Å²) >= 11 is 0. The van der Waals surface area contributed by atoms with Gasteiger partial charge in [0.25, 0.3) is 0 Å². The van der Waals surface area contributed by atoms with Gasteiger partial charge >= 0.3 is 0 Å². The van der Waals surface area contributed by atoms with Crippen molar-refractivity contribution in [3.63, 3.8) is 0 Å². The second-order valence-corrected chi connectivity index (χ2v) is 1.77. The summed E-state index contributed by atoms with van der Waals surface area (Å²) in [7, 11) is 1.72. The molecule has 0 spiro atoms. The Bertz CT molecular complexity index is 82.5. The minimum atomic E-state index is -1.01. The van der Waals surface area contributed by atoms with Crippen LogP contribution in [0.4, 0.5) is 0 Å². The summed E-state index contributed by atoms with van der Waals surface area (Å²) < 4.78 is 0. The molecule has 0 aromatic rings. The standard InChI is InChI=1S/C5H11NO2/c1-4(6-2)3-5(7)8/h4,6H,3H2,1-2H3,(H,7,8)/p-1. The van der Waals surface area contributed by atoms with Gasteiger partial charge in [-0.2, -0.15) is 0 Å². The quantitative estimate of drug-likeness (QED) is 0.500. The molecule has 0 aromatic carbocycles. The van der Waals surface area contributed by atoms with E-state index in [1.165, 1.54) is 0 Å². The van der Waals surface area contributed by atoms with Crippen molar-refractivity contribution < 1.29 is 9.90 Å². The number of carboxylic acid groups (broad SMARTS) is 1. The SMILES string of the molecule is CNC(C)CC(=O)[O-]. The molecular weight excluding hydrogens is 106 g/mol. The highest BCUT2D eigenvalue weighted by Gasteiger charge is 1.94. The number of aliphatic carboxylic acids is 1. The van der Waals surface area contributed by atoms with Crippen LogP contribution in [0.5, 0.6) is 0 Å². The lowest BCUT2D eigenvalue weighted by Gasteiger charge is -2.08. The van der Waals surface area contributed by atoms with E-state index in [0.717, 1.165) is 0 Å². The van der Waals surface area contributed by atoms with Gasteiger partial charge in [0.05, 0.1) is 0 Å². The van der Waals surface area contributed by atoms with Crippen LogP contribution in [-0.4, -0.2) is 19.1 Å². The van der Waals surface area contributed by atoms with Crippen LogP contribution in [0, 0.1) is 0 Å². The van der Waals surface area contributed by atoms with Crippen molar-refractivity contribution in [2.75, 3.05) is 7.05 Å². The van der Waals surface area contributed by atoms with Crippen molar-refractivity contribution in [2.45, 2.75) is 19.4 Å². The van der Waals surface area contributed by atoms with Crippen molar-refractivity contribution in [1.82, 2.24) is 5.32 Å². The van der Waals surface area contributed by atoms with Gasteiger partial charge in [-0.05, 0) is 14.0 Å². The molecule has 0 amide bonds. The average Bonchev–Trinajstić information content (AvgIpc) is 1.65. The zero-order chi connectivity index (χ0) is 6.57.